The maximum Gasteiger partial charge on any atom is 0.314 e. The van der Waals surface area contributed by atoms with E-state index in [-0.39, 0.29) is 30.4 Å². The van der Waals surface area contributed by atoms with E-state index < -0.39 is 5.41 Å². The number of hydrogen-bond acceptors (Lipinski definition) is 5. The number of rotatable bonds is 5. The molecule has 0 bridgehead atoms. The van der Waals surface area contributed by atoms with Crippen LogP contribution in [-0.2, 0) is 19.2 Å². The molecule has 0 aliphatic carbocycles. The average molecular weight is 376 g/mol. The molecular formula is C20H25FN2O4. The largest absolute Gasteiger partial charge is 0.466 e. The third kappa shape index (κ3) is 4.28. The highest BCUT2D eigenvalue weighted by atomic mass is 19.1. The van der Waals surface area contributed by atoms with Gasteiger partial charge in [-0.05, 0) is 31.9 Å². The summed E-state index contributed by atoms with van der Waals surface area (Å²) in [5, 5.41) is 4.10. The molecule has 2 heterocycles. The number of likely N-dealkylation sites (tertiary alicyclic amines) is 1. The van der Waals surface area contributed by atoms with E-state index in [0.717, 1.165) is 6.42 Å². The second-order valence-corrected chi connectivity index (χ2v) is 7.23. The molecule has 0 N–H and O–H groups in total. The fourth-order valence-corrected chi connectivity index (χ4v) is 3.91. The monoisotopic (exact) mass is 376 g/mol. The molecule has 0 unspecified atom stereocenters. The lowest BCUT2D eigenvalue weighted by Crippen LogP contribution is -2.51. The van der Waals surface area contributed by atoms with Crippen LogP contribution in [0, 0.1) is 11.2 Å². The summed E-state index contributed by atoms with van der Waals surface area (Å²) in [6, 6.07) is 6.22. The SMILES string of the molecule is CCOC(=O)[C@]1(C[C@@H]2CC(c3cccc(F)c3)=NO2)CCCN(C(C)=O)C1. The lowest BCUT2D eigenvalue weighted by molar-refractivity contribution is -0.163. The molecule has 3 rings (SSSR count). The van der Waals surface area contributed by atoms with Gasteiger partial charge in [0.05, 0.1) is 17.7 Å². The van der Waals surface area contributed by atoms with E-state index in [1.54, 1.807) is 24.0 Å². The van der Waals surface area contributed by atoms with Gasteiger partial charge in [-0.15, -0.1) is 0 Å². The molecule has 146 valence electrons. The Labute approximate surface area is 158 Å². The van der Waals surface area contributed by atoms with E-state index in [1.807, 2.05) is 0 Å². The van der Waals surface area contributed by atoms with Gasteiger partial charge in [0, 0.05) is 38.4 Å². The van der Waals surface area contributed by atoms with Gasteiger partial charge < -0.3 is 14.5 Å². The van der Waals surface area contributed by atoms with Crippen LogP contribution in [0.5, 0.6) is 0 Å². The zero-order valence-electron chi connectivity index (χ0n) is 15.7. The summed E-state index contributed by atoms with van der Waals surface area (Å²) in [5.74, 6) is -0.669. The molecule has 2 aliphatic rings. The van der Waals surface area contributed by atoms with Gasteiger partial charge in [0.1, 0.15) is 11.9 Å². The molecule has 0 aromatic heterocycles. The van der Waals surface area contributed by atoms with Crippen LogP contribution < -0.4 is 0 Å². The van der Waals surface area contributed by atoms with Crippen LogP contribution >= 0.6 is 0 Å². The Morgan fingerprint density at radius 1 is 1.44 bits per heavy atom. The van der Waals surface area contributed by atoms with Gasteiger partial charge in [-0.3, -0.25) is 9.59 Å². The van der Waals surface area contributed by atoms with Gasteiger partial charge in [0.2, 0.25) is 5.91 Å². The van der Waals surface area contributed by atoms with Crippen molar-refractivity contribution in [3.63, 3.8) is 0 Å². The Hall–Kier alpha value is -2.44. The normalized spacial score (nSPS) is 24.9. The summed E-state index contributed by atoms with van der Waals surface area (Å²) < 4.78 is 18.8. The number of nitrogens with zero attached hydrogens (tertiary/aromatic N) is 2. The minimum absolute atomic E-state index is 0.0487. The third-order valence-corrected chi connectivity index (χ3v) is 5.24. The number of hydrogen-bond donors (Lipinski definition) is 0. The lowest BCUT2D eigenvalue weighted by Gasteiger charge is -2.41. The minimum Gasteiger partial charge on any atom is -0.466 e. The second-order valence-electron chi connectivity index (χ2n) is 7.23. The molecule has 2 aliphatic heterocycles. The summed E-state index contributed by atoms with van der Waals surface area (Å²) in [7, 11) is 0. The van der Waals surface area contributed by atoms with Crippen molar-refractivity contribution < 1.29 is 23.6 Å². The topological polar surface area (TPSA) is 68.2 Å². The van der Waals surface area contributed by atoms with Crippen molar-refractivity contribution in [2.75, 3.05) is 19.7 Å². The van der Waals surface area contributed by atoms with Crippen LogP contribution in [0.4, 0.5) is 4.39 Å². The highest BCUT2D eigenvalue weighted by Gasteiger charge is 2.47. The van der Waals surface area contributed by atoms with Crippen molar-refractivity contribution in [2.45, 2.75) is 45.6 Å². The quantitative estimate of drug-likeness (QED) is 0.741. The number of amides is 1. The fourth-order valence-electron chi connectivity index (χ4n) is 3.91. The lowest BCUT2D eigenvalue weighted by atomic mass is 9.74. The first-order valence-electron chi connectivity index (χ1n) is 9.35. The Bertz CT molecular complexity index is 751. The first kappa shape index (κ1) is 19.3. The molecule has 0 spiro atoms. The summed E-state index contributed by atoms with van der Waals surface area (Å²) in [5.41, 5.74) is 0.548. The molecule has 1 amide bonds. The molecule has 1 fully saturated rings. The van der Waals surface area contributed by atoms with Crippen molar-refractivity contribution in [3.8, 4) is 0 Å². The molecular weight excluding hydrogens is 351 g/mol. The number of carbonyl (C=O) groups is 2. The maximum atomic E-state index is 13.5. The number of halogens is 1. The Kier molecular flexibility index (Phi) is 5.77. The predicted octanol–water partition coefficient (Wildman–Crippen LogP) is 2.90. The van der Waals surface area contributed by atoms with Gasteiger partial charge >= 0.3 is 5.97 Å². The summed E-state index contributed by atoms with van der Waals surface area (Å²) in [6.45, 7) is 4.55. The smallest absolute Gasteiger partial charge is 0.314 e. The number of piperidine rings is 1. The van der Waals surface area contributed by atoms with Gasteiger partial charge in [0.25, 0.3) is 0 Å². The van der Waals surface area contributed by atoms with Crippen molar-refractivity contribution in [3.05, 3.63) is 35.6 Å². The standard InChI is InChI=1S/C20H25FN2O4/c1-3-26-19(25)20(8-5-9-23(13-20)14(2)24)12-17-11-18(22-27-17)15-6-4-7-16(21)10-15/h4,6-7,10,17H,3,5,8-9,11-13H2,1-2H3/t17-,20-/m0/s1. The van der Waals surface area contributed by atoms with E-state index in [2.05, 4.69) is 5.16 Å². The highest BCUT2D eigenvalue weighted by molar-refractivity contribution is 6.01. The zero-order valence-corrected chi connectivity index (χ0v) is 15.7. The number of esters is 1. The number of carbonyl (C=O) groups excluding carboxylic acids is 2. The first-order chi connectivity index (χ1) is 12.9. The van der Waals surface area contributed by atoms with Crippen LogP contribution in [0.2, 0.25) is 0 Å². The molecule has 1 aromatic carbocycles. The van der Waals surface area contributed by atoms with Crippen molar-refractivity contribution in [2.24, 2.45) is 10.6 Å². The maximum absolute atomic E-state index is 13.5. The van der Waals surface area contributed by atoms with Gasteiger partial charge in [-0.1, -0.05) is 17.3 Å². The molecule has 2 atom stereocenters. The Morgan fingerprint density at radius 2 is 2.26 bits per heavy atom. The molecule has 0 radical (unpaired) electrons. The predicted molar refractivity (Wildman–Crippen MR) is 97.6 cm³/mol. The van der Waals surface area contributed by atoms with Crippen LogP contribution in [0.1, 0.15) is 45.1 Å². The second kappa shape index (κ2) is 8.06. The fraction of sp³-hybridized carbons (Fsp3) is 0.550. The highest BCUT2D eigenvalue weighted by Crippen LogP contribution is 2.39. The number of benzene rings is 1. The number of oxime groups is 1. The third-order valence-electron chi connectivity index (χ3n) is 5.24. The van der Waals surface area contributed by atoms with E-state index in [9.17, 15) is 14.0 Å². The van der Waals surface area contributed by atoms with Gasteiger partial charge in [-0.2, -0.15) is 0 Å². The Balaban J connectivity index is 1.74. The van der Waals surface area contributed by atoms with Crippen LogP contribution in [0.15, 0.2) is 29.4 Å². The molecule has 1 aromatic rings. The van der Waals surface area contributed by atoms with Crippen LogP contribution in [0.25, 0.3) is 0 Å². The van der Waals surface area contributed by atoms with E-state index in [4.69, 9.17) is 9.57 Å². The first-order valence-corrected chi connectivity index (χ1v) is 9.35. The molecule has 0 saturated carbocycles. The average Bonchev–Trinajstić information content (AvgIpc) is 3.10. The molecule has 6 nitrogen and oxygen atoms in total. The summed E-state index contributed by atoms with van der Waals surface area (Å²) in [6.07, 6.45) is 1.98. The van der Waals surface area contributed by atoms with Crippen molar-refractivity contribution in [1.82, 2.24) is 4.90 Å². The van der Waals surface area contributed by atoms with E-state index in [1.165, 1.54) is 19.1 Å². The van der Waals surface area contributed by atoms with Crippen molar-refractivity contribution in [1.29, 1.82) is 0 Å². The summed E-state index contributed by atoms with van der Waals surface area (Å²) in [4.78, 5) is 31.9. The van der Waals surface area contributed by atoms with Crippen molar-refractivity contribution >= 4 is 17.6 Å². The Morgan fingerprint density at radius 3 is 2.96 bits per heavy atom. The van der Waals surface area contributed by atoms with Gasteiger partial charge in [0.15, 0.2) is 0 Å². The molecule has 27 heavy (non-hydrogen) atoms. The van der Waals surface area contributed by atoms with Crippen LogP contribution in [-0.4, -0.2) is 48.3 Å². The van der Waals surface area contributed by atoms with E-state index >= 15 is 0 Å². The molecule has 1 saturated heterocycles. The molecule has 7 heteroatoms. The van der Waals surface area contributed by atoms with Crippen LogP contribution in [0.3, 0.4) is 0 Å². The van der Waals surface area contributed by atoms with Gasteiger partial charge in [-0.25, -0.2) is 4.39 Å². The summed E-state index contributed by atoms with van der Waals surface area (Å²) >= 11 is 0. The minimum atomic E-state index is -0.794. The zero-order chi connectivity index (χ0) is 19.4. The van der Waals surface area contributed by atoms with E-state index in [0.29, 0.717) is 43.6 Å². The number of ether oxygens (including phenoxy) is 1.